The van der Waals surface area contributed by atoms with Crippen molar-refractivity contribution in [2.24, 2.45) is 0 Å². The molecule has 0 unspecified atom stereocenters. The van der Waals surface area contributed by atoms with Gasteiger partial charge in [-0.05, 0) is 11.6 Å². The quantitative estimate of drug-likeness (QED) is 0.692. The van der Waals surface area contributed by atoms with Crippen LogP contribution < -0.4 is 10.2 Å². The molecule has 5 heteroatoms. The Bertz CT molecular complexity index is 374. The average molecular weight is 270 g/mol. The molecule has 108 valence electrons. The number of hydrogen-bond donors (Lipinski definition) is 1. The number of rotatable bonds is 9. The number of para-hydroxylation sites is 1. The second-order valence-electron chi connectivity index (χ2n) is 4.33. The lowest BCUT2D eigenvalue weighted by atomic mass is 10.1. The van der Waals surface area contributed by atoms with Crippen molar-refractivity contribution in [3.8, 4) is 0 Å². The molecule has 0 amide bonds. The molecule has 1 aromatic carbocycles. The third kappa shape index (κ3) is 5.14. The first-order chi connectivity index (χ1) is 9.20. The average Bonchev–Trinajstić information content (AvgIpc) is 2.41. The fourth-order valence-corrected chi connectivity index (χ4v) is 1.87. The summed E-state index contributed by atoms with van der Waals surface area (Å²) in [7, 11) is 5.17. The summed E-state index contributed by atoms with van der Waals surface area (Å²) in [5.41, 5.74) is 1.57. The van der Waals surface area contributed by atoms with Gasteiger partial charge in [0, 0.05) is 40.9 Å². The SMILES string of the molecule is COCCNCc1cccc(F)c1N(C)CCOC. The highest BCUT2D eigenvalue weighted by Gasteiger charge is 2.12. The van der Waals surface area contributed by atoms with E-state index in [4.69, 9.17) is 9.47 Å². The molecule has 0 aliphatic carbocycles. The third-order valence-corrected chi connectivity index (χ3v) is 2.88. The number of halogens is 1. The Morgan fingerprint density at radius 2 is 1.95 bits per heavy atom. The number of methoxy groups -OCH3 is 2. The van der Waals surface area contributed by atoms with Gasteiger partial charge in [-0.3, -0.25) is 0 Å². The van der Waals surface area contributed by atoms with E-state index in [0.717, 1.165) is 12.1 Å². The number of ether oxygens (including phenoxy) is 2. The molecule has 0 fully saturated rings. The zero-order valence-corrected chi connectivity index (χ0v) is 11.9. The van der Waals surface area contributed by atoms with Crippen molar-refractivity contribution in [3.63, 3.8) is 0 Å². The Morgan fingerprint density at radius 3 is 2.63 bits per heavy atom. The van der Waals surface area contributed by atoms with Crippen LogP contribution in [0, 0.1) is 5.82 Å². The number of nitrogens with zero attached hydrogens (tertiary/aromatic N) is 1. The minimum absolute atomic E-state index is 0.204. The summed E-state index contributed by atoms with van der Waals surface area (Å²) < 4.78 is 24.0. The van der Waals surface area contributed by atoms with Gasteiger partial charge in [-0.2, -0.15) is 0 Å². The summed E-state index contributed by atoms with van der Waals surface area (Å²) in [4.78, 5) is 1.88. The van der Waals surface area contributed by atoms with Crippen LogP contribution in [0.15, 0.2) is 18.2 Å². The van der Waals surface area contributed by atoms with E-state index in [2.05, 4.69) is 5.32 Å². The lowest BCUT2D eigenvalue weighted by molar-refractivity contribution is 0.199. The van der Waals surface area contributed by atoms with Crippen LogP contribution in [0.1, 0.15) is 5.56 Å². The zero-order valence-electron chi connectivity index (χ0n) is 11.9. The number of benzene rings is 1. The van der Waals surface area contributed by atoms with Gasteiger partial charge >= 0.3 is 0 Å². The van der Waals surface area contributed by atoms with E-state index in [0.29, 0.717) is 32.0 Å². The van der Waals surface area contributed by atoms with E-state index in [1.54, 1.807) is 20.3 Å². The van der Waals surface area contributed by atoms with Gasteiger partial charge in [0.1, 0.15) is 5.82 Å². The van der Waals surface area contributed by atoms with Crippen LogP contribution >= 0.6 is 0 Å². The van der Waals surface area contributed by atoms with E-state index in [9.17, 15) is 4.39 Å². The van der Waals surface area contributed by atoms with Crippen LogP contribution in [0.5, 0.6) is 0 Å². The molecule has 0 saturated heterocycles. The van der Waals surface area contributed by atoms with Gasteiger partial charge in [0.15, 0.2) is 0 Å². The standard InChI is InChI=1S/C14H23FN2O2/c1-17(8-10-19-3)14-12(5-4-6-13(14)15)11-16-7-9-18-2/h4-6,16H,7-11H2,1-3H3. The highest BCUT2D eigenvalue weighted by Crippen LogP contribution is 2.23. The van der Waals surface area contributed by atoms with Gasteiger partial charge in [-0.15, -0.1) is 0 Å². The first-order valence-corrected chi connectivity index (χ1v) is 6.37. The Kier molecular flexibility index (Phi) is 7.40. The van der Waals surface area contributed by atoms with Crippen LogP contribution in [0.25, 0.3) is 0 Å². The van der Waals surface area contributed by atoms with Crippen molar-refractivity contribution in [1.29, 1.82) is 0 Å². The van der Waals surface area contributed by atoms with E-state index in [1.165, 1.54) is 6.07 Å². The van der Waals surface area contributed by atoms with Gasteiger partial charge in [-0.1, -0.05) is 12.1 Å². The Labute approximate surface area is 114 Å². The highest BCUT2D eigenvalue weighted by molar-refractivity contribution is 5.54. The molecular formula is C14H23FN2O2. The van der Waals surface area contributed by atoms with Gasteiger partial charge in [0.05, 0.1) is 18.9 Å². The van der Waals surface area contributed by atoms with Crippen molar-refractivity contribution >= 4 is 5.69 Å². The first kappa shape index (κ1) is 15.9. The summed E-state index contributed by atoms with van der Waals surface area (Å²) in [6, 6.07) is 5.15. The number of anilines is 1. The highest BCUT2D eigenvalue weighted by atomic mass is 19.1. The predicted octanol–water partition coefficient (Wildman–Crippen LogP) is 1.64. The Balaban J connectivity index is 2.71. The van der Waals surface area contributed by atoms with Crippen molar-refractivity contribution in [3.05, 3.63) is 29.6 Å². The maximum atomic E-state index is 14.0. The summed E-state index contributed by atoms with van der Waals surface area (Å²) in [5, 5.41) is 3.23. The second-order valence-corrected chi connectivity index (χ2v) is 4.33. The van der Waals surface area contributed by atoms with E-state index in [1.807, 2.05) is 18.0 Å². The van der Waals surface area contributed by atoms with Crippen molar-refractivity contribution < 1.29 is 13.9 Å². The fraction of sp³-hybridized carbons (Fsp3) is 0.571. The smallest absolute Gasteiger partial charge is 0.146 e. The topological polar surface area (TPSA) is 33.7 Å². The maximum absolute atomic E-state index is 14.0. The normalized spacial score (nSPS) is 10.7. The van der Waals surface area contributed by atoms with Crippen LogP contribution in [0.2, 0.25) is 0 Å². The zero-order chi connectivity index (χ0) is 14.1. The summed E-state index contributed by atoms with van der Waals surface area (Å²) in [5.74, 6) is -0.204. The fourth-order valence-electron chi connectivity index (χ4n) is 1.87. The molecule has 1 N–H and O–H groups in total. The Hall–Kier alpha value is -1.17. The van der Waals surface area contributed by atoms with Crippen LogP contribution in [0.3, 0.4) is 0 Å². The van der Waals surface area contributed by atoms with Crippen molar-refractivity contribution in [2.75, 3.05) is 52.5 Å². The lowest BCUT2D eigenvalue weighted by Gasteiger charge is -2.23. The molecule has 0 saturated carbocycles. The van der Waals surface area contributed by atoms with Crippen molar-refractivity contribution in [2.45, 2.75) is 6.54 Å². The van der Waals surface area contributed by atoms with Crippen molar-refractivity contribution in [1.82, 2.24) is 5.32 Å². The Morgan fingerprint density at radius 1 is 1.21 bits per heavy atom. The van der Waals surface area contributed by atoms with Crippen LogP contribution in [-0.2, 0) is 16.0 Å². The van der Waals surface area contributed by atoms with Gasteiger partial charge in [0.2, 0.25) is 0 Å². The van der Waals surface area contributed by atoms with Crippen LogP contribution in [-0.4, -0.2) is 47.6 Å². The van der Waals surface area contributed by atoms with E-state index >= 15 is 0 Å². The molecule has 0 atom stereocenters. The van der Waals surface area contributed by atoms with Gasteiger partial charge in [-0.25, -0.2) is 4.39 Å². The second kappa shape index (κ2) is 8.85. The molecule has 0 radical (unpaired) electrons. The minimum Gasteiger partial charge on any atom is -0.383 e. The largest absolute Gasteiger partial charge is 0.383 e. The predicted molar refractivity (Wildman–Crippen MR) is 75.1 cm³/mol. The van der Waals surface area contributed by atoms with E-state index < -0.39 is 0 Å². The number of nitrogens with one attached hydrogen (secondary N) is 1. The molecule has 0 aromatic heterocycles. The molecule has 1 rings (SSSR count). The molecule has 19 heavy (non-hydrogen) atoms. The van der Waals surface area contributed by atoms with Gasteiger partial charge < -0.3 is 19.7 Å². The van der Waals surface area contributed by atoms with Crippen LogP contribution in [0.4, 0.5) is 10.1 Å². The summed E-state index contributed by atoms with van der Waals surface area (Å²) >= 11 is 0. The molecule has 0 spiro atoms. The summed E-state index contributed by atoms with van der Waals surface area (Å²) in [6.07, 6.45) is 0. The summed E-state index contributed by atoms with van der Waals surface area (Å²) in [6.45, 7) is 3.23. The number of likely N-dealkylation sites (N-methyl/N-ethyl adjacent to an activating group) is 1. The first-order valence-electron chi connectivity index (χ1n) is 6.37. The van der Waals surface area contributed by atoms with E-state index in [-0.39, 0.29) is 5.82 Å². The number of hydrogen-bond acceptors (Lipinski definition) is 4. The molecule has 0 bridgehead atoms. The molecule has 0 aliphatic heterocycles. The molecule has 0 heterocycles. The molecule has 0 aliphatic rings. The lowest BCUT2D eigenvalue weighted by Crippen LogP contribution is -2.26. The molecular weight excluding hydrogens is 247 g/mol. The molecule has 4 nitrogen and oxygen atoms in total. The third-order valence-electron chi connectivity index (χ3n) is 2.88. The molecule has 1 aromatic rings. The van der Waals surface area contributed by atoms with Gasteiger partial charge in [0.25, 0.3) is 0 Å². The maximum Gasteiger partial charge on any atom is 0.146 e. The monoisotopic (exact) mass is 270 g/mol. The minimum atomic E-state index is -0.204.